The van der Waals surface area contributed by atoms with Crippen LogP contribution < -0.4 is 11.3 Å². The van der Waals surface area contributed by atoms with E-state index in [1.165, 1.54) is 45.3 Å². The van der Waals surface area contributed by atoms with E-state index in [9.17, 15) is 18.0 Å². The van der Waals surface area contributed by atoms with Crippen LogP contribution in [0.4, 0.5) is 5.82 Å². The fourth-order valence-corrected chi connectivity index (χ4v) is 4.44. The summed E-state index contributed by atoms with van der Waals surface area (Å²) in [7, 11) is -2.38. The summed E-state index contributed by atoms with van der Waals surface area (Å²) in [6.07, 6.45) is 5.66. The molecule has 2 aromatic rings. The van der Waals surface area contributed by atoms with Crippen LogP contribution >= 0.6 is 11.5 Å². The first-order valence-electron chi connectivity index (χ1n) is 7.78. The number of aromatic nitrogens is 3. The Hall–Kier alpha value is -2.79. The molecule has 27 heavy (non-hydrogen) atoms. The molecule has 0 saturated heterocycles. The van der Waals surface area contributed by atoms with Gasteiger partial charge in [-0.25, -0.2) is 12.8 Å². The molecule has 2 N–H and O–H groups in total. The first kappa shape index (κ1) is 19.0. The minimum atomic E-state index is -3.74. The smallest absolute Gasteiger partial charge is 0.283 e. The van der Waals surface area contributed by atoms with Gasteiger partial charge in [0.15, 0.2) is 5.76 Å². The number of sulfone groups is 1. The van der Waals surface area contributed by atoms with Crippen molar-refractivity contribution < 1.29 is 17.9 Å². The molecule has 0 radical (unpaired) electrons. The van der Waals surface area contributed by atoms with Gasteiger partial charge in [-0.15, -0.1) is 0 Å². The van der Waals surface area contributed by atoms with Gasteiger partial charge in [0.2, 0.25) is 25.7 Å². The zero-order chi connectivity index (χ0) is 19.9. The van der Waals surface area contributed by atoms with Crippen molar-refractivity contribution in [1.29, 1.82) is 0 Å². The summed E-state index contributed by atoms with van der Waals surface area (Å²) in [5.41, 5.74) is 5.96. The van der Waals surface area contributed by atoms with Crippen LogP contribution in [0.1, 0.15) is 19.4 Å². The number of rotatable bonds is 4. The molecular formula is C16H16N4O5S2. The number of hydrogen-bond donors (Lipinski definition) is 1. The van der Waals surface area contributed by atoms with Crippen LogP contribution in [-0.2, 0) is 19.4 Å². The number of fused-ring (bicyclic) bond motifs is 1. The van der Waals surface area contributed by atoms with Crippen molar-refractivity contribution in [3.63, 3.8) is 0 Å². The van der Waals surface area contributed by atoms with Crippen molar-refractivity contribution in [2.24, 2.45) is 0 Å². The highest BCUT2D eigenvalue weighted by Crippen LogP contribution is 2.24. The molecule has 0 unspecified atom stereocenters. The molecule has 0 atom stereocenters. The molecule has 0 amide bonds. The van der Waals surface area contributed by atoms with Crippen LogP contribution in [0.2, 0.25) is 0 Å². The first-order chi connectivity index (χ1) is 12.7. The minimum absolute atomic E-state index is 0.00592. The number of carbonyl (C=O) groups excluding carboxylic acids is 1. The van der Waals surface area contributed by atoms with Gasteiger partial charge in [0.25, 0.3) is 5.56 Å². The molecule has 11 heteroatoms. The zero-order valence-corrected chi connectivity index (χ0v) is 16.3. The largest absolute Gasteiger partial charge is 0.493 e. The van der Waals surface area contributed by atoms with Crippen LogP contribution in [0.3, 0.4) is 0 Å². The highest BCUT2D eigenvalue weighted by molar-refractivity contribution is 7.91. The molecule has 0 bridgehead atoms. The van der Waals surface area contributed by atoms with Crippen LogP contribution in [0.25, 0.3) is 11.0 Å². The highest BCUT2D eigenvalue weighted by atomic mass is 32.2. The third-order valence-corrected chi connectivity index (χ3v) is 6.75. The van der Waals surface area contributed by atoms with Crippen LogP contribution in [-0.4, -0.2) is 40.3 Å². The van der Waals surface area contributed by atoms with E-state index in [0.29, 0.717) is 5.57 Å². The second kappa shape index (κ2) is 6.74. The Bertz CT molecular complexity index is 1200. The van der Waals surface area contributed by atoms with Crippen molar-refractivity contribution in [2.75, 3.05) is 12.8 Å². The Kier molecular flexibility index (Phi) is 4.74. The van der Waals surface area contributed by atoms with Gasteiger partial charge in [0.1, 0.15) is 5.82 Å². The summed E-state index contributed by atoms with van der Waals surface area (Å²) < 4.78 is 35.1. The second-order valence-corrected chi connectivity index (χ2v) is 9.08. The number of allylic oxidation sites excluding steroid dienone is 4. The normalized spacial score (nSPS) is 16.4. The molecule has 0 aliphatic heterocycles. The summed E-state index contributed by atoms with van der Waals surface area (Å²) >= 11 is 0.777. The Morgan fingerprint density at radius 3 is 2.63 bits per heavy atom. The van der Waals surface area contributed by atoms with Crippen LogP contribution in [0.5, 0.6) is 0 Å². The van der Waals surface area contributed by atoms with Crippen LogP contribution in [0, 0.1) is 0 Å². The monoisotopic (exact) mass is 408 g/mol. The fraction of sp³-hybridized carbons (Fsp3) is 0.250. The third-order valence-electron chi connectivity index (χ3n) is 3.91. The number of nitrogens with zero attached hydrogens (tertiary/aromatic N) is 3. The van der Waals surface area contributed by atoms with Crippen LogP contribution in [0.15, 0.2) is 39.5 Å². The molecule has 0 aromatic carbocycles. The molecule has 2 heterocycles. The van der Waals surface area contributed by atoms with Crippen molar-refractivity contribution in [1.82, 2.24) is 13.8 Å². The van der Waals surface area contributed by atoms with Crippen molar-refractivity contribution in [3.8, 4) is 0 Å². The van der Waals surface area contributed by atoms with Gasteiger partial charge >= 0.3 is 0 Å². The average Bonchev–Trinajstić information content (AvgIpc) is 3.04. The van der Waals surface area contributed by atoms with E-state index in [1.54, 1.807) is 0 Å². The van der Waals surface area contributed by atoms with E-state index < -0.39 is 20.6 Å². The number of ketones is 1. The number of methoxy groups -OCH3 is 1. The zero-order valence-electron chi connectivity index (χ0n) is 14.7. The lowest BCUT2D eigenvalue weighted by Gasteiger charge is -2.10. The van der Waals surface area contributed by atoms with E-state index in [1.807, 2.05) is 0 Å². The first-order valence-corrected chi connectivity index (χ1v) is 10.1. The van der Waals surface area contributed by atoms with Gasteiger partial charge in [-0.1, -0.05) is 6.08 Å². The number of ether oxygens (including phenoxy) is 1. The Labute approximate surface area is 158 Å². The summed E-state index contributed by atoms with van der Waals surface area (Å²) in [6, 6.07) is 0. The van der Waals surface area contributed by atoms with Gasteiger partial charge in [0, 0.05) is 11.5 Å². The lowest BCUT2D eigenvalue weighted by Crippen LogP contribution is -2.21. The van der Waals surface area contributed by atoms with Crippen molar-refractivity contribution >= 4 is 44.0 Å². The molecule has 1 aliphatic rings. The second-order valence-electron chi connectivity index (χ2n) is 5.95. The molecule has 9 nitrogen and oxygen atoms in total. The van der Waals surface area contributed by atoms with E-state index in [4.69, 9.17) is 10.5 Å². The molecule has 0 spiro atoms. The maximum Gasteiger partial charge on any atom is 0.283 e. The Morgan fingerprint density at radius 2 is 2.00 bits per heavy atom. The predicted molar refractivity (Wildman–Crippen MR) is 101 cm³/mol. The fourth-order valence-electron chi connectivity index (χ4n) is 2.36. The third kappa shape index (κ3) is 3.19. The number of nitrogens with two attached hydrogens (primary N) is 1. The highest BCUT2D eigenvalue weighted by Gasteiger charge is 2.28. The number of carbonyl (C=O) groups is 1. The standard InChI is InChI=1S/C16H16N4O5S2/c1-8(2)27(23,24)16-19-26-15-18-14(22)10(13(17)20(15)16)6-9-4-5-11(21)12(7-9)25-3/h4-8H,17H2,1-3H3. The molecule has 0 fully saturated rings. The summed E-state index contributed by atoms with van der Waals surface area (Å²) in [5.74, 6) is -0.292. The van der Waals surface area contributed by atoms with E-state index in [-0.39, 0.29) is 33.0 Å². The summed E-state index contributed by atoms with van der Waals surface area (Å²) in [6.45, 7) is 3.05. The van der Waals surface area contributed by atoms with Crippen molar-refractivity contribution in [3.05, 3.63) is 45.5 Å². The SMILES string of the molecule is COC1=CC(=Cc2c(N)n3c(S(=O)(=O)C(C)C)nsc3nc2=O)C=CC1=O. The van der Waals surface area contributed by atoms with Gasteiger partial charge in [0.05, 0.1) is 17.9 Å². The molecule has 2 aromatic heterocycles. The van der Waals surface area contributed by atoms with Crippen molar-refractivity contribution in [2.45, 2.75) is 24.3 Å². The molecule has 3 rings (SSSR count). The van der Waals surface area contributed by atoms with E-state index >= 15 is 0 Å². The lowest BCUT2D eigenvalue weighted by atomic mass is 10.0. The molecule has 0 saturated carbocycles. The summed E-state index contributed by atoms with van der Waals surface area (Å²) in [5, 5.41) is -0.979. The average molecular weight is 408 g/mol. The molecule has 1 aliphatic carbocycles. The maximum atomic E-state index is 12.5. The minimum Gasteiger partial charge on any atom is -0.493 e. The Morgan fingerprint density at radius 1 is 1.30 bits per heavy atom. The van der Waals surface area contributed by atoms with E-state index in [0.717, 1.165) is 15.9 Å². The van der Waals surface area contributed by atoms with Gasteiger partial charge in [-0.05, 0) is 37.6 Å². The van der Waals surface area contributed by atoms with Gasteiger partial charge in [-0.2, -0.15) is 9.36 Å². The maximum absolute atomic E-state index is 12.5. The Balaban J connectivity index is 2.26. The lowest BCUT2D eigenvalue weighted by molar-refractivity contribution is -0.114. The topological polar surface area (TPSA) is 134 Å². The summed E-state index contributed by atoms with van der Waals surface area (Å²) in [4.78, 5) is 28.0. The van der Waals surface area contributed by atoms with E-state index in [2.05, 4.69) is 9.36 Å². The predicted octanol–water partition coefficient (Wildman–Crippen LogP) is 0.968. The van der Waals surface area contributed by atoms with Gasteiger partial charge in [-0.3, -0.25) is 9.59 Å². The quantitative estimate of drug-likeness (QED) is 0.791. The number of anilines is 1. The molecule has 142 valence electrons. The number of hydrogen-bond acceptors (Lipinski definition) is 9. The van der Waals surface area contributed by atoms with Gasteiger partial charge < -0.3 is 10.5 Å². The molecular weight excluding hydrogens is 392 g/mol. The number of nitrogen functional groups attached to an aromatic ring is 1.